The lowest BCUT2D eigenvalue weighted by Crippen LogP contribution is -2.52. The van der Waals surface area contributed by atoms with Crippen molar-refractivity contribution >= 4 is 6.03 Å². The highest BCUT2D eigenvalue weighted by Crippen LogP contribution is 2.30. The number of carbonyl (C=O) groups excluding carboxylic acids is 1. The van der Waals surface area contributed by atoms with E-state index in [0.717, 1.165) is 0 Å². The first-order valence-electron chi connectivity index (χ1n) is 7.33. The van der Waals surface area contributed by atoms with Gasteiger partial charge in [0.1, 0.15) is 0 Å². The summed E-state index contributed by atoms with van der Waals surface area (Å²) in [5.74, 6) is 0. The van der Waals surface area contributed by atoms with Crippen molar-refractivity contribution in [2.24, 2.45) is 0 Å². The molecule has 98 valence electrons. The number of hydrogen-bond acceptors (Lipinski definition) is 1. The van der Waals surface area contributed by atoms with Gasteiger partial charge in [-0.15, -0.1) is 0 Å². The molecule has 0 aromatic rings. The van der Waals surface area contributed by atoms with Crippen molar-refractivity contribution in [3.05, 3.63) is 0 Å². The van der Waals surface area contributed by atoms with Gasteiger partial charge in [0.2, 0.25) is 0 Å². The van der Waals surface area contributed by atoms with Gasteiger partial charge in [0.15, 0.2) is 0 Å². The van der Waals surface area contributed by atoms with Crippen LogP contribution in [-0.2, 0) is 0 Å². The Morgan fingerprint density at radius 2 is 1.29 bits per heavy atom. The van der Waals surface area contributed by atoms with Gasteiger partial charge in [0.25, 0.3) is 0 Å². The summed E-state index contributed by atoms with van der Waals surface area (Å²) < 4.78 is 0. The predicted octanol–water partition coefficient (Wildman–Crippen LogP) is 3.29. The summed E-state index contributed by atoms with van der Waals surface area (Å²) in [6, 6.07) is 1.17. The van der Waals surface area contributed by atoms with Crippen LogP contribution in [0.15, 0.2) is 0 Å². The highest BCUT2D eigenvalue weighted by molar-refractivity contribution is 5.74. The van der Waals surface area contributed by atoms with Crippen molar-refractivity contribution in [1.29, 1.82) is 0 Å². The number of nitrogens with zero attached hydrogens (tertiary/aromatic N) is 1. The molecule has 0 bridgehead atoms. The molecular formula is C14H26N2O. The molecule has 0 spiro atoms. The van der Waals surface area contributed by atoms with E-state index in [1.165, 1.54) is 64.2 Å². The van der Waals surface area contributed by atoms with Gasteiger partial charge in [-0.2, -0.15) is 0 Å². The summed E-state index contributed by atoms with van der Waals surface area (Å²) in [4.78, 5) is 14.3. The molecule has 3 heteroatoms. The number of hydrogen-bond donors (Lipinski definition) is 1. The predicted molar refractivity (Wildman–Crippen MR) is 70.0 cm³/mol. The maximum Gasteiger partial charge on any atom is 0.317 e. The van der Waals surface area contributed by atoms with Crippen LogP contribution >= 0.6 is 0 Å². The van der Waals surface area contributed by atoms with Gasteiger partial charge in [-0.3, -0.25) is 0 Å². The Bertz CT molecular complexity index is 225. The highest BCUT2D eigenvalue weighted by atomic mass is 16.2. The number of carbonyl (C=O) groups is 1. The monoisotopic (exact) mass is 238 g/mol. The van der Waals surface area contributed by atoms with E-state index in [4.69, 9.17) is 0 Å². The third kappa shape index (κ3) is 3.14. The number of nitrogens with one attached hydrogen (secondary N) is 1. The molecule has 0 unspecified atom stereocenters. The van der Waals surface area contributed by atoms with Crippen molar-refractivity contribution < 1.29 is 4.79 Å². The van der Waals surface area contributed by atoms with Crippen LogP contribution in [0.4, 0.5) is 4.79 Å². The number of amides is 2. The second kappa shape index (κ2) is 6.27. The van der Waals surface area contributed by atoms with E-state index in [-0.39, 0.29) is 6.03 Å². The standard InChI is InChI=1S/C14H26N2O/c1-15-14(17)16(12-8-4-2-5-9-12)13-10-6-3-7-11-13/h12-13H,2-11H2,1H3,(H,15,17). The van der Waals surface area contributed by atoms with E-state index in [1.807, 2.05) is 0 Å². The van der Waals surface area contributed by atoms with E-state index in [2.05, 4.69) is 10.2 Å². The van der Waals surface area contributed by atoms with Crippen LogP contribution in [0, 0.1) is 0 Å². The average Bonchev–Trinajstić information content (AvgIpc) is 2.41. The van der Waals surface area contributed by atoms with E-state index < -0.39 is 0 Å². The smallest absolute Gasteiger partial charge is 0.317 e. The van der Waals surface area contributed by atoms with Gasteiger partial charge in [-0.05, 0) is 25.7 Å². The molecule has 2 amide bonds. The van der Waals surface area contributed by atoms with E-state index in [0.29, 0.717) is 12.1 Å². The van der Waals surface area contributed by atoms with Crippen molar-refractivity contribution in [1.82, 2.24) is 10.2 Å². The minimum Gasteiger partial charge on any atom is -0.341 e. The Morgan fingerprint density at radius 1 is 0.882 bits per heavy atom. The molecule has 3 nitrogen and oxygen atoms in total. The van der Waals surface area contributed by atoms with Crippen molar-refractivity contribution in [3.63, 3.8) is 0 Å². The van der Waals surface area contributed by atoms with Gasteiger partial charge in [0.05, 0.1) is 0 Å². The molecule has 2 aliphatic rings. The molecule has 0 aromatic heterocycles. The Hall–Kier alpha value is -0.730. The minimum absolute atomic E-state index is 0.156. The molecule has 0 heterocycles. The molecule has 0 saturated heterocycles. The molecule has 0 atom stereocenters. The van der Waals surface area contributed by atoms with Crippen LogP contribution in [0.5, 0.6) is 0 Å². The van der Waals surface area contributed by atoms with Crippen LogP contribution in [0.3, 0.4) is 0 Å². The molecule has 0 aliphatic heterocycles. The average molecular weight is 238 g/mol. The Balaban J connectivity index is 2.02. The largest absolute Gasteiger partial charge is 0.341 e. The van der Waals surface area contributed by atoms with Crippen molar-refractivity contribution in [2.75, 3.05) is 7.05 Å². The maximum atomic E-state index is 12.1. The van der Waals surface area contributed by atoms with Crippen LogP contribution < -0.4 is 5.32 Å². The zero-order chi connectivity index (χ0) is 12.1. The summed E-state index contributed by atoms with van der Waals surface area (Å²) in [5.41, 5.74) is 0. The lowest BCUT2D eigenvalue weighted by Gasteiger charge is -2.41. The van der Waals surface area contributed by atoms with E-state index in [9.17, 15) is 4.79 Å². The fraction of sp³-hybridized carbons (Fsp3) is 0.929. The Morgan fingerprint density at radius 3 is 1.65 bits per heavy atom. The van der Waals surface area contributed by atoms with Crippen LogP contribution in [0.25, 0.3) is 0 Å². The first-order chi connectivity index (χ1) is 8.33. The van der Waals surface area contributed by atoms with Crippen LogP contribution in [-0.4, -0.2) is 30.1 Å². The molecule has 0 radical (unpaired) electrons. The van der Waals surface area contributed by atoms with Gasteiger partial charge in [-0.1, -0.05) is 38.5 Å². The van der Waals surface area contributed by atoms with Gasteiger partial charge < -0.3 is 10.2 Å². The molecule has 17 heavy (non-hydrogen) atoms. The fourth-order valence-corrected chi connectivity index (χ4v) is 3.48. The molecular weight excluding hydrogens is 212 g/mol. The lowest BCUT2D eigenvalue weighted by molar-refractivity contribution is 0.106. The fourth-order valence-electron chi connectivity index (χ4n) is 3.48. The topological polar surface area (TPSA) is 32.3 Å². The van der Waals surface area contributed by atoms with E-state index in [1.54, 1.807) is 7.05 Å². The van der Waals surface area contributed by atoms with Crippen molar-refractivity contribution in [2.45, 2.75) is 76.3 Å². The summed E-state index contributed by atoms with van der Waals surface area (Å²) in [5, 5.41) is 2.85. The molecule has 2 saturated carbocycles. The molecule has 2 aliphatic carbocycles. The third-order valence-electron chi connectivity index (χ3n) is 4.38. The third-order valence-corrected chi connectivity index (χ3v) is 4.38. The highest BCUT2D eigenvalue weighted by Gasteiger charge is 2.31. The summed E-state index contributed by atoms with van der Waals surface area (Å²) in [6.07, 6.45) is 12.7. The van der Waals surface area contributed by atoms with Gasteiger partial charge in [0, 0.05) is 19.1 Å². The lowest BCUT2D eigenvalue weighted by atomic mass is 9.89. The summed E-state index contributed by atoms with van der Waals surface area (Å²) >= 11 is 0. The van der Waals surface area contributed by atoms with Crippen LogP contribution in [0.1, 0.15) is 64.2 Å². The summed E-state index contributed by atoms with van der Waals surface area (Å²) in [6.45, 7) is 0. The first-order valence-corrected chi connectivity index (χ1v) is 7.33. The molecule has 0 aromatic carbocycles. The zero-order valence-electron chi connectivity index (χ0n) is 11.1. The normalized spacial score (nSPS) is 23.4. The SMILES string of the molecule is CNC(=O)N(C1CCCCC1)C1CCCCC1. The number of rotatable bonds is 2. The van der Waals surface area contributed by atoms with Crippen molar-refractivity contribution in [3.8, 4) is 0 Å². The molecule has 2 fully saturated rings. The minimum atomic E-state index is 0.156. The first kappa shape index (κ1) is 12.7. The maximum absolute atomic E-state index is 12.1. The molecule has 1 N–H and O–H groups in total. The second-order valence-electron chi connectivity index (χ2n) is 5.55. The Labute approximate surface area is 105 Å². The number of urea groups is 1. The quantitative estimate of drug-likeness (QED) is 0.786. The second-order valence-corrected chi connectivity index (χ2v) is 5.55. The van der Waals surface area contributed by atoms with Gasteiger partial charge in [-0.25, -0.2) is 4.79 Å². The van der Waals surface area contributed by atoms with Crippen LogP contribution in [0.2, 0.25) is 0 Å². The van der Waals surface area contributed by atoms with E-state index >= 15 is 0 Å². The Kier molecular flexibility index (Phi) is 4.69. The van der Waals surface area contributed by atoms with Gasteiger partial charge >= 0.3 is 6.03 Å². The molecule has 2 rings (SSSR count). The summed E-state index contributed by atoms with van der Waals surface area (Å²) in [7, 11) is 1.76. The zero-order valence-corrected chi connectivity index (χ0v) is 11.1.